The molecule has 5 nitrogen and oxygen atoms in total. The maximum Gasteiger partial charge on any atom is 0.255 e. The molecule has 1 aliphatic heterocycles. The monoisotopic (exact) mass is 410 g/mol. The molecule has 29 heavy (non-hydrogen) atoms. The molecule has 1 amide bonds. The van der Waals surface area contributed by atoms with Crippen molar-refractivity contribution in [2.75, 3.05) is 6.54 Å². The number of halogens is 1. The van der Waals surface area contributed by atoms with Gasteiger partial charge >= 0.3 is 0 Å². The van der Waals surface area contributed by atoms with Gasteiger partial charge in [0.05, 0.1) is 10.9 Å². The molecule has 1 aliphatic rings. The van der Waals surface area contributed by atoms with Crippen LogP contribution >= 0.6 is 0 Å². The summed E-state index contributed by atoms with van der Waals surface area (Å²) in [6.45, 7) is 0.435. The highest BCUT2D eigenvalue weighted by Crippen LogP contribution is 2.38. The van der Waals surface area contributed by atoms with Crippen molar-refractivity contribution in [1.82, 2.24) is 4.90 Å². The van der Waals surface area contributed by atoms with Gasteiger partial charge in [0.2, 0.25) is 10.0 Å². The van der Waals surface area contributed by atoms with Crippen molar-refractivity contribution < 1.29 is 17.6 Å². The topological polar surface area (TPSA) is 80.5 Å². The number of fused-ring (bicyclic) bond motifs is 1. The third-order valence-electron chi connectivity index (χ3n) is 5.14. The third-order valence-corrected chi connectivity index (χ3v) is 6.07. The van der Waals surface area contributed by atoms with Crippen molar-refractivity contribution in [1.29, 1.82) is 0 Å². The third kappa shape index (κ3) is 3.79. The van der Waals surface area contributed by atoms with Gasteiger partial charge in [0.25, 0.3) is 5.91 Å². The van der Waals surface area contributed by atoms with Gasteiger partial charge in [-0.05, 0) is 53.4 Å². The van der Waals surface area contributed by atoms with E-state index in [9.17, 15) is 17.6 Å². The SMILES string of the molecule is NS(=O)(=O)c1ccc(CCN2C(=O)c3ccccc3C2c2ccc(F)cc2)cc1. The molecule has 1 atom stereocenters. The lowest BCUT2D eigenvalue weighted by Gasteiger charge is -2.26. The van der Waals surface area contributed by atoms with Gasteiger partial charge in [-0.3, -0.25) is 4.79 Å². The van der Waals surface area contributed by atoms with Gasteiger partial charge in [-0.2, -0.15) is 0 Å². The van der Waals surface area contributed by atoms with Crippen molar-refractivity contribution in [2.45, 2.75) is 17.4 Å². The fraction of sp³-hybridized carbons (Fsp3) is 0.136. The van der Waals surface area contributed by atoms with Crippen LogP contribution in [0, 0.1) is 5.82 Å². The largest absolute Gasteiger partial charge is 0.327 e. The lowest BCUT2D eigenvalue weighted by Crippen LogP contribution is -2.30. The zero-order valence-corrected chi connectivity index (χ0v) is 16.3. The summed E-state index contributed by atoms with van der Waals surface area (Å²) in [6.07, 6.45) is 0.544. The van der Waals surface area contributed by atoms with E-state index in [0.29, 0.717) is 18.5 Å². The van der Waals surface area contributed by atoms with Crippen LogP contribution in [0.25, 0.3) is 0 Å². The summed E-state index contributed by atoms with van der Waals surface area (Å²) in [5.41, 5.74) is 3.27. The first-order valence-corrected chi connectivity index (χ1v) is 10.7. The number of carbonyl (C=O) groups is 1. The standard InChI is InChI=1S/C22H19FN2O3S/c23-17-9-7-16(8-10-17)21-19-3-1-2-4-20(19)22(26)25(21)14-13-15-5-11-18(12-6-15)29(24,27)28/h1-12,21H,13-14H2,(H2,24,27,28). The van der Waals surface area contributed by atoms with Crippen LogP contribution in [0.1, 0.15) is 33.1 Å². The average molecular weight is 410 g/mol. The lowest BCUT2D eigenvalue weighted by molar-refractivity contribution is 0.0751. The van der Waals surface area contributed by atoms with Gasteiger partial charge in [0.15, 0.2) is 0 Å². The number of nitrogens with two attached hydrogens (primary N) is 1. The molecule has 1 heterocycles. The first-order chi connectivity index (χ1) is 13.8. The van der Waals surface area contributed by atoms with Crippen LogP contribution in [-0.2, 0) is 16.4 Å². The molecule has 0 saturated heterocycles. The summed E-state index contributed by atoms with van der Waals surface area (Å²) in [7, 11) is -3.74. The van der Waals surface area contributed by atoms with E-state index in [1.165, 1.54) is 24.3 Å². The highest BCUT2D eigenvalue weighted by Gasteiger charge is 2.36. The van der Waals surface area contributed by atoms with E-state index in [-0.39, 0.29) is 22.7 Å². The number of amides is 1. The minimum atomic E-state index is -3.74. The fourth-order valence-electron chi connectivity index (χ4n) is 3.70. The second kappa shape index (κ2) is 7.42. The summed E-state index contributed by atoms with van der Waals surface area (Å²) in [5, 5.41) is 5.13. The number of rotatable bonds is 5. The Kier molecular flexibility index (Phi) is 4.94. The molecule has 0 radical (unpaired) electrons. The van der Waals surface area contributed by atoms with Crippen LogP contribution in [0.15, 0.2) is 77.7 Å². The molecule has 4 rings (SSSR count). The number of nitrogens with zero attached hydrogens (tertiary/aromatic N) is 1. The van der Waals surface area contributed by atoms with E-state index in [0.717, 1.165) is 16.7 Å². The van der Waals surface area contributed by atoms with Crippen LogP contribution in [0.5, 0.6) is 0 Å². The smallest absolute Gasteiger partial charge is 0.255 e. The van der Waals surface area contributed by atoms with Crippen LogP contribution in [0.2, 0.25) is 0 Å². The van der Waals surface area contributed by atoms with Crippen LogP contribution < -0.4 is 5.14 Å². The van der Waals surface area contributed by atoms with Gasteiger partial charge in [-0.1, -0.05) is 42.5 Å². The molecule has 148 valence electrons. The molecule has 3 aromatic carbocycles. The van der Waals surface area contributed by atoms with E-state index >= 15 is 0 Å². The minimum absolute atomic E-state index is 0.0510. The molecule has 0 saturated carbocycles. The van der Waals surface area contributed by atoms with Crippen molar-refractivity contribution in [3.05, 3.63) is 101 Å². The number of benzene rings is 3. The molecule has 0 fully saturated rings. The number of primary sulfonamides is 1. The number of carbonyl (C=O) groups excluding carboxylic acids is 1. The summed E-state index contributed by atoms with van der Waals surface area (Å²) < 4.78 is 36.2. The Labute approximate surface area is 168 Å². The molecule has 2 N–H and O–H groups in total. The summed E-state index contributed by atoms with van der Waals surface area (Å²) in [5.74, 6) is -0.399. The highest BCUT2D eigenvalue weighted by molar-refractivity contribution is 7.89. The number of hydrogen-bond donors (Lipinski definition) is 1. The molecule has 3 aromatic rings. The molecule has 7 heteroatoms. The zero-order chi connectivity index (χ0) is 20.6. The Bertz CT molecular complexity index is 1160. The maximum atomic E-state index is 13.4. The second-order valence-electron chi connectivity index (χ2n) is 6.98. The van der Waals surface area contributed by atoms with Gasteiger partial charge in [-0.15, -0.1) is 0 Å². The Morgan fingerprint density at radius 1 is 0.931 bits per heavy atom. The summed E-state index contributed by atoms with van der Waals surface area (Å²) >= 11 is 0. The van der Waals surface area contributed by atoms with Crippen molar-refractivity contribution in [3.63, 3.8) is 0 Å². The number of hydrogen-bond acceptors (Lipinski definition) is 3. The molecule has 0 spiro atoms. The Balaban J connectivity index is 1.61. The van der Waals surface area contributed by atoms with Crippen LogP contribution in [0.3, 0.4) is 0 Å². The number of sulfonamides is 1. The Morgan fingerprint density at radius 2 is 1.59 bits per heavy atom. The summed E-state index contributed by atoms with van der Waals surface area (Å²) in [6, 6.07) is 19.6. The average Bonchev–Trinajstić information content (AvgIpc) is 2.99. The molecular weight excluding hydrogens is 391 g/mol. The first kappa shape index (κ1) is 19.3. The first-order valence-electron chi connectivity index (χ1n) is 9.12. The lowest BCUT2D eigenvalue weighted by atomic mass is 9.98. The van der Waals surface area contributed by atoms with Gasteiger partial charge in [0.1, 0.15) is 5.82 Å². The molecule has 1 unspecified atom stereocenters. The van der Waals surface area contributed by atoms with E-state index in [4.69, 9.17) is 5.14 Å². The van der Waals surface area contributed by atoms with Crippen molar-refractivity contribution in [3.8, 4) is 0 Å². The van der Waals surface area contributed by atoms with E-state index < -0.39 is 10.0 Å². The molecule has 0 aromatic heterocycles. The van der Waals surface area contributed by atoms with Crippen LogP contribution in [-0.4, -0.2) is 25.8 Å². The molecule has 0 aliphatic carbocycles. The molecular formula is C22H19FN2O3S. The van der Waals surface area contributed by atoms with E-state index in [1.54, 1.807) is 35.2 Å². The van der Waals surface area contributed by atoms with Gasteiger partial charge < -0.3 is 4.90 Å². The predicted octanol–water partition coefficient (Wildman–Crippen LogP) is 3.26. The van der Waals surface area contributed by atoms with Gasteiger partial charge in [0, 0.05) is 12.1 Å². The van der Waals surface area contributed by atoms with E-state index in [2.05, 4.69) is 0 Å². The quantitative estimate of drug-likeness (QED) is 0.701. The van der Waals surface area contributed by atoms with E-state index in [1.807, 2.05) is 18.2 Å². The second-order valence-corrected chi connectivity index (χ2v) is 8.54. The van der Waals surface area contributed by atoms with Crippen LogP contribution in [0.4, 0.5) is 4.39 Å². The normalized spacial score (nSPS) is 16.1. The molecule has 0 bridgehead atoms. The predicted molar refractivity (Wildman–Crippen MR) is 107 cm³/mol. The van der Waals surface area contributed by atoms with Gasteiger partial charge in [-0.25, -0.2) is 17.9 Å². The fourth-order valence-corrected chi connectivity index (χ4v) is 4.22. The van der Waals surface area contributed by atoms with Crippen molar-refractivity contribution >= 4 is 15.9 Å². The zero-order valence-electron chi connectivity index (χ0n) is 15.5. The summed E-state index contributed by atoms with van der Waals surface area (Å²) in [4.78, 5) is 14.8. The van der Waals surface area contributed by atoms with Crippen molar-refractivity contribution in [2.24, 2.45) is 5.14 Å². The highest BCUT2D eigenvalue weighted by atomic mass is 32.2. The Morgan fingerprint density at radius 3 is 2.24 bits per heavy atom. The minimum Gasteiger partial charge on any atom is -0.327 e. The Hall–Kier alpha value is -3.03. The maximum absolute atomic E-state index is 13.4.